The first-order chi connectivity index (χ1) is 23.5. The summed E-state index contributed by atoms with van der Waals surface area (Å²) < 4.78 is 39.5. The van der Waals surface area contributed by atoms with Crippen LogP contribution in [0.2, 0.25) is 0 Å². The molecule has 1 amide bonds. The molecule has 1 aliphatic heterocycles. The first-order valence-electron chi connectivity index (χ1n) is 16.6. The fourth-order valence-electron chi connectivity index (χ4n) is 5.58. The van der Waals surface area contributed by atoms with Crippen LogP contribution in [0.5, 0.6) is 5.75 Å². The smallest absolute Gasteiger partial charge is 0.266 e. The Morgan fingerprint density at radius 3 is 2.12 bits per heavy atom. The number of sulfone groups is 1. The lowest BCUT2D eigenvalue weighted by Gasteiger charge is -2.31. The van der Waals surface area contributed by atoms with Crippen molar-refractivity contribution in [3.05, 3.63) is 120 Å². The van der Waals surface area contributed by atoms with Gasteiger partial charge in [0, 0.05) is 31.6 Å². The Morgan fingerprint density at radius 2 is 1.49 bits per heavy atom. The van der Waals surface area contributed by atoms with Gasteiger partial charge < -0.3 is 14.6 Å². The van der Waals surface area contributed by atoms with Crippen LogP contribution < -0.4 is 15.6 Å². The van der Waals surface area contributed by atoms with Crippen molar-refractivity contribution in [3.63, 3.8) is 0 Å². The molecular formula is C39H45N3O6S. The Bertz CT molecular complexity index is 1810. The minimum absolute atomic E-state index is 0.0334. The number of aliphatic hydroxyl groups excluding tert-OH is 1. The fraction of sp³-hybridized carbons (Fsp3) is 0.333. The third kappa shape index (κ3) is 9.14. The lowest BCUT2D eigenvalue weighted by molar-refractivity contribution is -0.130. The number of nitrogens with zero attached hydrogens (tertiary/aromatic N) is 1. The van der Waals surface area contributed by atoms with Crippen LogP contribution in [0.15, 0.2) is 119 Å². The highest BCUT2D eigenvalue weighted by Gasteiger charge is 2.53. The summed E-state index contributed by atoms with van der Waals surface area (Å²) in [7, 11) is -3.77. The van der Waals surface area contributed by atoms with Gasteiger partial charge in [-0.15, -0.1) is 0 Å². The van der Waals surface area contributed by atoms with Crippen molar-refractivity contribution in [3.8, 4) is 16.9 Å². The Labute approximate surface area is 289 Å². The van der Waals surface area contributed by atoms with Gasteiger partial charge in [-0.1, -0.05) is 93.6 Å². The van der Waals surface area contributed by atoms with Crippen LogP contribution in [-0.2, 0) is 19.4 Å². The van der Waals surface area contributed by atoms with Gasteiger partial charge in [0.2, 0.25) is 5.90 Å². The second kappa shape index (κ2) is 15.8. The predicted molar refractivity (Wildman–Crippen MR) is 192 cm³/mol. The van der Waals surface area contributed by atoms with Gasteiger partial charge in [-0.25, -0.2) is 18.8 Å². The van der Waals surface area contributed by atoms with Gasteiger partial charge in [0.05, 0.1) is 17.3 Å². The van der Waals surface area contributed by atoms with Crippen LogP contribution >= 0.6 is 0 Å². The molecule has 0 saturated carbocycles. The number of aliphatic imine (C=N–C) groups is 1. The number of hydrogen-bond acceptors (Lipinski definition) is 8. The zero-order chi connectivity index (χ0) is 34.9. The number of rotatable bonds is 15. The number of carbonyl (C=O) groups is 1. The molecule has 2 atom stereocenters. The number of ether oxygens (including phenoxy) is 2. The van der Waals surface area contributed by atoms with Crippen LogP contribution in [0, 0.1) is 5.41 Å². The Hall–Kier alpha value is -4.51. The van der Waals surface area contributed by atoms with Crippen molar-refractivity contribution < 1.29 is 27.8 Å². The number of amides is 1. The van der Waals surface area contributed by atoms with Crippen LogP contribution in [0.3, 0.4) is 0 Å². The Balaban J connectivity index is 1.53. The van der Waals surface area contributed by atoms with Crippen molar-refractivity contribution >= 4 is 21.6 Å². The molecule has 0 bridgehead atoms. The summed E-state index contributed by atoms with van der Waals surface area (Å²) in [6, 6.07) is 33.1. The lowest BCUT2D eigenvalue weighted by Crippen LogP contribution is -2.53. The van der Waals surface area contributed by atoms with E-state index in [0.29, 0.717) is 36.4 Å². The summed E-state index contributed by atoms with van der Waals surface area (Å²) in [4.78, 5) is 19.5. The molecule has 0 fully saturated rings. The van der Waals surface area contributed by atoms with E-state index in [0.717, 1.165) is 17.5 Å². The molecule has 4 aromatic rings. The van der Waals surface area contributed by atoms with Crippen molar-refractivity contribution in [2.75, 3.05) is 25.5 Å². The standard InChI is InChI=1S/C39H45N3O6S/c1-38(2,3)23-25-40-42-37(44)39(24-28-49(45,46)34-13-8-5-9-14-34)35(31-17-15-30(16-18-31)29-11-6-4-7-12-29)48-36(41-39)32-19-21-33(22-20-32)47-27-10-26-43/h4-9,11-22,35,40,43H,10,23-28H2,1-3H3,(H,42,44)/t35-,39-/m0/s1. The van der Waals surface area contributed by atoms with Gasteiger partial charge >= 0.3 is 0 Å². The minimum Gasteiger partial charge on any atom is -0.494 e. The summed E-state index contributed by atoms with van der Waals surface area (Å²) >= 11 is 0. The maximum Gasteiger partial charge on any atom is 0.266 e. The second-order valence-electron chi connectivity index (χ2n) is 13.4. The van der Waals surface area contributed by atoms with E-state index in [4.69, 9.17) is 19.6 Å². The van der Waals surface area contributed by atoms with Gasteiger partial charge in [-0.3, -0.25) is 10.2 Å². The number of hydrazine groups is 1. The van der Waals surface area contributed by atoms with E-state index in [9.17, 15) is 13.2 Å². The summed E-state index contributed by atoms with van der Waals surface area (Å²) in [5.41, 5.74) is 7.64. The molecule has 0 spiro atoms. The summed E-state index contributed by atoms with van der Waals surface area (Å²) in [5, 5.41) is 9.09. The van der Waals surface area contributed by atoms with Gasteiger partial charge in [-0.2, -0.15) is 0 Å². The summed E-state index contributed by atoms with van der Waals surface area (Å²) in [6.45, 7) is 7.27. The van der Waals surface area contributed by atoms with Crippen LogP contribution in [0.1, 0.15) is 57.3 Å². The third-order valence-corrected chi connectivity index (χ3v) is 10.1. The minimum atomic E-state index is -3.77. The average molecular weight is 684 g/mol. The molecule has 0 unspecified atom stereocenters. The first kappa shape index (κ1) is 35.8. The molecule has 10 heteroatoms. The molecule has 0 aliphatic carbocycles. The highest BCUT2D eigenvalue weighted by Crippen LogP contribution is 2.43. The topological polar surface area (TPSA) is 126 Å². The van der Waals surface area contributed by atoms with Gasteiger partial charge in [0.1, 0.15) is 5.75 Å². The fourth-order valence-corrected chi connectivity index (χ4v) is 6.96. The van der Waals surface area contributed by atoms with E-state index < -0.39 is 27.4 Å². The molecular weight excluding hydrogens is 639 g/mol. The van der Waals surface area contributed by atoms with E-state index >= 15 is 0 Å². The van der Waals surface area contributed by atoms with Crippen LogP contribution in [0.4, 0.5) is 0 Å². The van der Waals surface area contributed by atoms with Crippen LogP contribution in [-0.4, -0.2) is 56.4 Å². The van der Waals surface area contributed by atoms with Crippen molar-refractivity contribution in [2.24, 2.45) is 10.4 Å². The molecule has 1 aliphatic rings. The monoisotopic (exact) mass is 683 g/mol. The number of aliphatic hydroxyl groups is 1. The van der Waals surface area contributed by atoms with Gasteiger partial charge in [0.25, 0.3) is 5.91 Å². The molecule has 9 nitrogen and oxygen atoms in total. The number of nitrogens with one attached hydrogen (secondary N) is 2. The van der Waals surface area contributed by atoms with Crippen molar-refractivity contribution in [1.29, 1.82) is 0 Å². The third-order valence-electron chi connectivity index (χ3n) is 8.41. The molecule has 4 aromatic carbocycles. The normalized spacial score (nSPS) is 17.6. The molecule has 3 N–H and O–H groups in total. The lowest BCUT2D eigenvalue weighted by atomic mass is 9.84. The number of hydrogen-bond donors (Lipinski definition) is 3. The highest BCUT2D eigenvalue weighted by atomic mass is 32.2. The number of carbonyl (C=O) groups excluding carboxylic acids is 1. The second-order valence-corrected chi connectivity index (χ2v) is 15.5. The molecule has 49 heavy (non-hydrogen) atoms. The van der Waals surface area contributed by atoms with Crippen LogP contribution in [0.25, 0.3) is 11.1 Å². The average Bonchev–Trinajstić information content (AvgIpc) is 3.51. The zero-order valence-corrected chi connectivity index (χ0v) is 29.1. The Kier molecular flexibility index (Phi) is 11.5. The predicted octanol–water partition coefficient (Wildman–Crippen LogP) is 6.29. The van der Waals surface area contributed by atoms with Crippen molar-refractivity contribution in [1.82, 2.24) is 10.9 Å². The van der Waals surface area contributed by atoms with E-state index in [1.807, 2.05) is 54.6 Å². The molecule has 0 saturated heterocycles. The number of benzene rings is 4. The van der Waals surface area contributed by atoms with E-state index in [2.05, 4.69) is 31.6 Å². The van der Waals surface area contributed by atoms with Gasteiger partial charge in [0.15, 0.2) is 21.5 Å². The maximum absolute atomic E-state index is 14.4. The molecule has 0 radical (unpaired) electrons. The highest BCUT2D eigenvalue weighted by molar-refractivity contribution is 7.91. The quantitative estimate of drug-likeness (QED) is 0.0993. The van der Waals surface area contributed by atoms with Crippen molar-refractivity contribution in [2.45, 2.75) is 56.6 Å². The Morgan fingerprint density at radius 1 is 0.878 bits per heavy atom. The molecule has 1 heterocycles. The summed E-state index contributed by atoms with van der Waals surface area (Å²) in [6.07, 6.45) is 0.247. The van der Waals surface area contributed by atoms with Gasteiger partial charge in [-0.05, 0) is 64.9 Å². The van der Waals surface area contributed by atoms with E-state index in [1.54, 1.807) is 54.6 Å². The SMILES string of the molecule is CC(C)(C)CCNNC(=O)[C@@]1(CCS(=O)(=O)c2ccccc2)N=C(c2ccc(OCCCO)cc2)O[C@H]1c1ccc(-c2ccccc2)cc1. The summed E-state index contributed by atoms with van der Waals surface area (Å²) in [5.74, 6) is 0.0228. The molecule has 258 valence electrons. The maximum atomic E-state index is 14.4. The van der Waals surface area contributed by atoms with E-state index in [-0.39, 0.29) is 35.0 Å². The zero-order valence-electron chi connectivity index (χ0n) is 28.3. The largest absolute Gasteiger partial charge is 0.494 e. The first-order valence-corrected chi connectivity index (χ1v) is 18.2. The molecule has 5 rings (SSSR count). The molecule has 0 aromatic heterocycles. The van der Waals surface area contributed by atoms with E-state index in [1.165, 1.54) is 0 Å².